The number of anilines is 1. The van der Waals surface area contributed by atoms with Gasteiger partial charge in [-0.1, -0.05) is 28.1 Å². The van der Waals surface area contributed by atoms with E-state index in [4.69, 9.17) is 9.15 Å². The van der Waals surface area contributed by atoms with E-state index >= 15 is 0 Å². The summed E-state index contributed by atoms with van der Waals surface area (Å²) < 4.78 is 12.1. The molecule has 1 aliphatic heterocycles. The first-order chi connectivity index (χ1) is 13.6. The zero-order valence-corrected chi connectivity index (χ0v) is 17.4. The molecule has 6 heteroatoms. The molecule has 0 unspecified atom stereocenters. The van der Waals surface area contributed by atoms with Gasteiger partial charge in [0.1, 0.15) is 5.58 Å². The number of aryl methyl sites for hydroxylation is 1. The number of benzene rings is 2. The highest BCUT2D eigenvalue weighted by Gasteiger charge is 2.18. The third-order valence-corrected chi connectivity index (χ3v) is 5.63. The molecule has 0 bridgehead atoms. The Hall–Kier alpha value is -2.15. The molecule has 1 N–H and O–H groups in total. The fourth-order valence-electron chi connectivity index (χ4n) is 3.46. The van der Waals surface area contributed by atoms with Crippen LogP contribution < -0.4 is 5.32 Å². The van der Waals surface area contributed by atoms with Crippen molar-refractivity contribution in [2.24, 2.45) is 0 Å². The first-order valence-electron chi connectivity index (χ1n) is 9.49. The maximum absolute atomic E-state index is 12.7. The maximum Gasteiger partial charge on any atom is 0.291 e. The number of hydrogen-bond acceptors (Lipinski definition) is 4. The number of ether oxygens (including phenoxy) is 1. The number of amides is 1. The molecule has 1 amide bonds. The van der Waals surface area contributed by atoms with Crippen molar-refractivity contribution in [2.45, 2.75) is 13.3 Å². The Morgan fingerprint density at radius 3 is 2.64 bits per heavy atom. The van der Waals surface area contributed by atoms with Crippen molar-refractivity contribution in [1.82, 2.24) is 4.90 Å². The van der Waals surface area contributed by atoms with Gasteiger partial charge in [0.15, 0.2) is 5.76 Å². The van der Waals surface area contributed by atoms with Crippen LogP contribution in [-0.4, -0.2) is 43.7 Å². The first-order valence-corrected chi connectivity index (χ1v) is 10.3. The van der Waals surface area contributed by atoms with E-state index in [1.165, 1.54) is 5.56 Å². The molecule has 2 heterocycles. The van der Waals surface area contributed by atoms with Gasteiger partial charge in [-0.2, -0.15) is 0 Å². The van der Waals surface area contributed by atoms with E-state index in [2.05, 4.69) is 38.3 Å². The quantitative estimate of drug-likeness (QED) is 0.625. The molecule has 2 aromatic carbocycles. The molecule has 1 aliphatic rings. The van der Waals surface area contributed by atoms with Gasteiger partial charge >= 0.3 is 0 Å². The number of nitrogens with one attached hydrogen (secondary N) is 1. The largest absolute Gasteiger partial charge is 0.451 e. The number of morpholine rings is 1. The molecule has 1 saturated heterocycles. The van der Waals surface area contributed by atoms with Gasteiger partial charge in [-0.3, -0.25) is 9.69 Å². The molecule has 0 aliphatic carbocycles. The molecule has 4 rings (SSSR count). The second-order valence-corrected chi connectivity index (χ2v) is 7.97. The highest BCUT2D eigenvalue weighted by atomic mass is 79.9. The lowest BCUT2D eigenvalue weighted by molar-refractivity contribution is 0.0384. The Kier molecular flexibility index (Phi) is 5.80. The number of hydrogen-bond donors (Lipinski definition) is 1. The Balaban J connectivity index is 1.40. The summed E-state index contributed by atoms with van der Waals surface area (Å²) in [4.78, 5) is 15.1. The molecule has 28 heavy (non-hydrogen) atoms. The number of fused-ring (bicyclic) bond motifs is 1. The van der Waals surface area contributed by atoms with E-state index in [0.717, 1.165) is 60.4 Å². The molecule has 0 atom stereocenters. The third-order valence-electron chi connectivity index (χ3n) is 5.14. The topological polar surface area (TPSA) is 54.7 Å². The van der Waals surface area contributed by atoms with Crippen molar-refractivity contribution in [2.75, 3.05) is 38.2 Å². The van der Waals surface area contributed by atoms with E-state index in [0.29, 0.717) is 11.3 Å². The lowest BCUT2D eigenvalue weighted by Crippen LogP contribution is -2.37. The van der Waals surface area contributed by atoms with Crippen LogP contribution in [-0.2, 0) is 11.2 Å². The monoisotopic (exact) mass is 442 g/mol. The summed E-state index contributed by atoms with van der Waals surface area (Å²) in [6.07, 6.45) is 0.992. The third kappa shape index (κ3) is 4.29. The maximum atomic E-state index is 12.7. The fraction of sp³-hybridized carbons (Fsp3) is 0.318. The van der Waals surface area contributed by atoms with Gasteiger partial charge in [-0.15, -0.1) is 0 Å². The fourth-order valence-corrected chi connectivity index (χ4v) is 3.83. The number of carbonyl (C=O) groups excluding carboxylic acids is 1. The average molecular weight is 443 g/mol. The highest BCUT2D eigenvalue weighted by Crippen LogP contribution is 2.28. The Morgan fingerprint density at radius 1 is 1.14 bits per heavy atom. The molecule has 3 aromatic rings. The highest BCUT2D eigenvalue weighted by molar-refractivity contribution is 9.10. The normalized spacial score (nSPS) is 15.1. The summed E-state index contributed by atoms with van der Waals surface area (Å²) >= 11 is 3.46. The van der Waals surface area contributed by atoms with Crippen LogP contribution in [0.4, 0.5) is 5.69 Å². The average Bonchev–Trinajstić information content (AvgIpc) is 3.04. The van der Waals surface area contributed by atoms with Crippen molar-refractivity contribution in [1.29, 1.82) is 0 Å². The number of nitrogens with zero attached hydrogens (tertiary/aromatic N) is 1. The van der Waals surface area contributed by atoms with Gasteiger partial charge in [-0.25, -0.2) is 0 Å². The Labute approximate surface area is 172 Å². The van der Waals surface area contributed by atoms with Crippen LogP contribution >= 0.6 is 15.9 Å². The van der Waals surface area contributed by atoms with Gasteiger partial charge in [0, 0.05) is 40.7 Å². The van der Waals surface area contributed by atoms with E-state index in [1.54, 1.807) is 0 Å². The number of rotatable bonds is 5. The summed E-state index contributed by atoms with van der Waals surface area (Å²) in [5.41, 5.74) is 3.58. The first kappa shape index (κ1) is 19.2. The standard InChI is InChI=1S/C22H23BrN2O3/c1-15-19-14-17(23)4-7-20(19)28-21(15)22(26)24-18-5-2-16(3-6-18)8-9-25-10-12-27-13-11-25/h2-7,14H,8-13H2,1H3,(H,24,26). The zero-order chi connectivity index (χ0) is 19.5. The summed E-state index contributed by atoms with van der Waals surface area (Å²) in [7, 11) is 0. The van der Waals surface area contributed by atoms with E-state index in [-0.39, 0.29) is 5.91 Å². The van der Waals surface area contributed by atoms with Crippen LogP contribution in [0.5, 0.6) is 0 Å². The molecule has 5 nitrogen and oxygen atoms in total. The molecule has 0 saturated carbocycles. The number of carbonyl (C=O) groups is 1. The van der Waals surface area contributed by atoms with Crippen molar-refractivity contribution in [3.8, 4) is 0 Å². The summed E-state index contributed by atoms with van der Waals surface area (Å²) in [6, 6.07) is 13.8. The van der Waals surface area contributed by atoms with Gasteiger partial charge in [0.2, 0.25) is 0 Å². The molecule has 1 aromatic heterocycles. The second kappa shape index (κ2) is 8.47. The minimum Gasteiger partial charge on any atom is -0.451 e. The number of halogens is 1. The van der Waals surface area contributed by atoms with Crippen LogP contribution in [0, 0.1) is 6.92 Å². The van der Waals surface area contributed by atoms with Gasteiger partial charge in [0.05, 0.1) is 13.2 Å². The van der Waals surface area contributed by atoms with E-state index in [9.17, 15) is 4.79 Å². The molecular weight excluding hydrogens is 420 g/mol. The van der Waals surface area contributed by atoms with Gasteiger partial charge in [0.25, 0.3) is 5.91 Å². The smallest absolute Gasteiger partial charge is 0.291 e. The Bertz CT molecular complexity index is 975. The van der Waals surface area contributed by atoms with Crippen molar-refractivity contribution in [3.05, 3.63) is 63.8 Å². The zero-order valence-electron chi connectivity index (χ0n) is 15.8. The molecule has 0 spiro atoms. The van der Waals surface area contributed by atoms with Crippen molar-refractivity contribution < 1.29 is 13.9 Å². The van der Waals surface area contributed by atoms with Crippen LogP contribution in [0.2, 0.25) is 0 Å². The molecule has 1 fully saturated rings. The van der Waals surface area contributed by atoms with Crippen LogP contribution in [0.3, 0.4) is 0 Å². The van der Waals surface area contributed by atoms with Gasteiger partial charge < -0.3 is 14.5 Å². The van der Waals surface area contributed by atoms with E-state index in [1.807, 2.05) is 37.3 Å². The SMILES string of the molecule is Cc1c(C(=O)Nc2ccc(CCN3CCOCC3)cc2)oc2ccc(Br)cc12. The summed E-state index contributed by atoms with van der Waals surface area (Å²) in [5.74, 6) is 0.121. The predicted octanol–water partition coefficient (Wildman–Crippen LogP) is 4.63. The summed E-state index contributed by atoms with van der Waals surface area (Å²) in [6.45, 7) is 6.58. The number of furan rings is 1. The van der Waals surface area contributed by atoms with Gasteiger partial charge in [-0.05, 0) is 49.2 Å². The summed E-state index contributed by atoms with van der Waals surface area (Å²) in [5, 5.41) is 3.88. The van der Waals surface area contributed by atoms with Crippen LogP contribution in [0.1, 0.15) is 21.7 Å². The lowest BCUT2D eigenvalue weighted by atomic mass is 10.1. The Morgan fingerprint density at radius 2 is 1.89 bits per heavy atom. The van der Waals surface area contributed by atoms with Crippen LogP contribution in [0.25, 0.3) is 11.0 Å². The van der Waals surface area contributed by atoms with Crippen molar-refractivity contribution in [3.63, 3.8) is 0 Å². The minimum atomic E-state index is -0.231. The van der Waals surface area contributed by atoms with E-state index < -0.39 is 0 Å². The van der Waals surface area contributed by atoms with Crippen molar-refractivity contribution >= 4 is 38.5 Å². The lowest BCUT2D eigenvalue weighted by Gasteiger charge is -2.26. The molecule has 146 valence electrons. The molecular formula is C22H23BrN2O3. The predicted molar refractivity (Wildman–Crippen MR) is 114 cm³/mol. The van der Waals surface area contributed by atoms with Crippen LogP contribution in [0.15, 0.2) is 51.4 Å². The molecule has 0 radical (unpaired) electrons. The second-order valence-electron chi connectivity index (χ2n) is 7.05. The minimum absolute atomic E-state index is 0.231.